The number of hydrogen-bond donors (Lipinski definition) is 1. The summed E-state index contributed by atoms with van der Waals surface area (Å²) < 4.78 is 13.2. The molecule has 174 valence electrons. The fourth-order valence-corrected chi connectivity index (χ4v) is 4.08. The summed E-state index contributed by atoms with van der Waals surface area (Å²) in [5.74, 6) is 2.33. The van der Waals surface area contributed by atoms with E-state index >= 15 is 0 Å². The maximum absolute atomic E-state index is 12.5. The lowest BCUT2D eigenvalue weighted by atomic mass is 10.2. The van der Waals surface area contributed by atoms with Gasteiger partial charge in [0.25, 0.3) is 0 Å². The summed E-state index contributed by atoms with van der Waals surface area (Å²) in [5, 5.41) is 12.3. The Balaban J connectivity index is 1.45. The number of nitrogens with one attached hydrogen (secondary N) is 1. The second kappa shape index (κ2) is 11.4. The molecule has 7 nitrogen and oxygen atoms in total. The SMILES string of the molecule is COc1ccc(NC(=O)CSc2nnc(COc3ccccc3C)n2Cc2ccccc2)cc1. The number of thioether (sulfide) groups is 1. The lowest BCUT2D eigenvalue weighted by molar-refractivity contribution is -0.113. The van der Waals surface area contributed by atoms with Crippen LogP contribution in [-0.4, -0.2) is 33.5 Å². The van der Waals surface area contributed by atoms with Crippen LogP contribution >= 0.6 is 11.8 Å². The molecule has 0 saturated carbocycles. The molecule has 1 heterocycles. The molecule has 3 aromatic carbocycles. The average Bonchev–Trinajstić information content (AvgIpc) is 3.24. The summed E-state index contributed by atoms with van der Waals surface area (Å²) in [4.78, 5) is 12.5. The monoisotopic (exact) mass is 474 g/mol. The van der Waals surface area contributed by atoms with Crippen molar-refractivity contribution in [3.63, 3.8) is 0 Å². The third-order valence-corrected chi connectivity index (χ3v) is 6.10. The topological polar surface area (TPSA) is 78.3 Å². The van der Waals surface area contributed by atoms with Crippen LogP contribution in [0.15, 0.2) is 84.0 Å². The van der Waals surface area contributed by atoms with Crippen LogP contribution in [0.4, 0.5) is 5.69 Å². The zero-order valence-corrected chi connectivity index (χ0v) is 19.9. The highest BCUT2D eigenvalue weighted by molar-refractivity contribution is 7.99. The molecule has 0 unspecified atom stereocenters. The number of para-hydroxylation sites is 1. The highest BCUT2D eigenvalue weighted by atomic mass is 32.2. The van der Waals surface area contributed by atoms with Gasteiger partial charge in [-0.1, -0.05) is 60.3 Å². The number of methoxy groups -OCH3 is 1. The van der Waals surface area contributed by atoms with Crippen molar-refractivity contribution in [2.75, 3.05) is 18.2 Å². The number of benzene rings is 3. The molecule has 0 atom stereocenters. The van der Waals surface area contributed by atoms with Crippen molar-refractivity contribution < 1.29 is 14.3 Å². The van der Waals surface area contributed by atoms with E-state index in [-0.39, 0.29) is 18.3 Å². The second-order valence-corrected chi connectivity index (χ2v) is 8.53. The fraction of sp³-hybridized carbons (Fsp3) is 0.192. The minimum Gasteiger partial charge on any atom is -0.497 e. The molecule has 0 saturated heterocycles. The van der Waals surface area contributed by atoms with Gasteiger partial charge in [-0.05, 0) is 48.4 Å². The Bertz CT molecular complexity index is 1230. The van der Waals surface area contributed by atoms with Gasteiger partial charge in [0.15, 0.2) is 11.0 Å². The molecule has 0 bridgehead atoms. The first kappa shape index (κ1) is 23.4. The predicted molar refractivity (Wildman–Crippen MR) is 133 cm³/mol. The van der Waals surface area contributed by atoms with Gasteiger partial charge in [0, 0.05) is 5.69 Å². The standard InChI is InChI=1S/C26H26N4O3S/c1-19-8-6-7-11-23(19)33-17-24-28-29-26(30(24)16-20-9-4-3-5-10-20)34-18-25(31)27-21-12-14-22(32-2)15-13-21/h3-15H,16-18H2,1-2H3,(H,27,31). The maximum Gasteiger partial charge on any atom is 0.234 e. The first-order chi connectivity index (χ1) is 16.6. The highest BCUT2D eigenvalue weighted by Crippen LogP contribution is 2.22. The fourth-order valence-electron chi connectivity index (χ4n) is 3.32. The zero-order valence-electron chi connectivity index (χ0n) is 19.1. The molecule has 8 heteroatoms. The molecule has 0 aliphatic carbocycles. The van der Waals surface area contributed by atoms with E-state index in [1.165, 1.54) is 11.8 Å². The Morgan fingerprint density at radius 2 is 1.71 bits per heavy atom. The number of rotatable bonds is 10. The molecule has 0 spiro atoms. The average molecular weight is 475 g/mol. The quantitative estimate of drug-likeness (QED) is 0.328. The number of carbonyl (C=O) groups is 1. The number of anilines is 1. The van der Waals surface area contributed by atoms with Crippen LogP contribution in [0.1, 0.15) is 17.0 Å². The molecule has 1 amide bonds. The normalized spacial score (nSPS) is 10.6. The minimum atomic E-state index is -0.123. The van der Waals surface area contributed by atoms with Crippen LogP contribution in [0.5, 0.6) is 11.5 Å². The van der Waals surface area contributed by atoms with E-state index in [0.717, 1.165) is 22.6 Å². The number of hydrogen-bond acceptors (Lipinski definition) is 6. The first-order valence-electron chi connectivity index (χ1n) is 10.8. The molecule has 0 aliphatic heterocycles. The van der Waals surface area contributed by atoms with Gasteiger partial charge in [0.05, 0.1) is 19.4 Å². The van der Waals surface area contributed by atoms with Gasteiger partial charge >= 0.3 is 0 Å². The maximum atomic E-state index is 12.5. The Kier molecular flexibility index (Phi) is 7.83. The molecule has 1 aromatic heterocycles. The Morgan fingerprint density at radius 3 is 2.44 bits per heavy atom. The number of ether oxygens (including phenoxy) is 2. The number of aromatic nitrogens is 3. The van der Waals surface area contributed by atoms with Gasteiger partial charge in [0.1, 0.15) is 18.1 Å². The van der Waals surface area contributed by atoms with Crippen molar-refractivity contribution in [3.05, 3.63) is 95.8 Å². The lowest BCUT2D eigenvalue weighted by Crippen LogP contribution is -2.15. The van der Waals surface area contributed by atoms with E-state index in [0.29, 0.717) is 23.2 Å². The largest absolute Gasteiger partial charge is 0.497 e. The number of carbonyl (C=O) groups excluding carboxylic acids is 1. The van der Waals surface area contributed by atoms with Crippen LogP contribution in [0, 0.1) is 6.92 Å². The zero-order chi connectivity index (χ0) is 23.8. The van der Waals surface area contributed by atoms with Gasteiger partial charge < -0.3 is 14.8 Å². The lowest BCUT2D eigenvalue weighted by Gasteiger charge is -2.12. The van der Waals surface area contributed by atoms with E-state index in [1.807, 2.05) is 54.0 Å². The number of aryl methyl sites for hydroxylation is 1. The van der Waals surface area contributed by atoms with Crippen LogP contribution in [-0.2, 0) is 17.9 Å². The van der Waals surface area contributed by atoms with Crippen molar-refractivity contribution in [3.8, 4) is 11.5 Å². The molecule has 4 rings (SSSR count). The summed E-state index contributed by atoms with van der Waals surface area (Å²) in [6, 6.07) is 25.2. The van der Waals surface area contributed by atoms with Gasteiger partial charge in [-0.25, -0.2) is 0 Å². The van der Waals surface area contributed by atoms with Crippen LogP contribution < -0.4 is 14.8 Å². The molecule has 4 aromatic rings. The number of nitrogens with zero attached hydrogens (tertiary/aromatic N) is 3. The molecule has 0 fully saturated rings. The van der Waals surface area contributed by atoms with E-state index in [2.05, 4.69) is 27.6 Å². The van der Waals surface area contributed by atoms with E-state index < -0.39 is 0 Å². The van der Waals surface area contributed by atoms with E-state index in [1.54, 1.807) is 31.4 Å². The highest BCUT2D eigenvalue weighted by Gasteiger charge is 2.16. The summed E-state index contributed by atoms with van der Waals surface area (Å²) >= 11 is 1.34. The second-order valence-electron chi connectivity index (χ2n) is 7.59. The Hall–Kier alpha value is -3.78. The molecule has 1 N–H and O–H groups in total. The summed E-state index contributed by atoms with van der Waals surface area (Å²) in [6.07, 6.45) is 0. The predicted octanol–water partition coefficient (Wildman–Crippen LogP) is 4.95. The minimum absolute atomic E-state index is 0.123. The van der Waals surface area contributed by atoms with Gasteiger partial charge in [-0.2, -0.15) is 0 Å². The summed E-state index contributed by atoms with van der Waals surface area (Å²) in [5.41, 5.74) is 2.88. The molecular weight excluding hydrogens is 448 g/mol. The van der Waals surface area contributed by atoms with Gasteiger partial charge in [0.2, 0.25) is 5.91 Å². The van der Waals surface area contributed by atoms with Gasteiger partial charge in [-0.15, -0.1) is 10.2 Å². The summed E-state index contributed by atoms with van der Waals surface area (Å²) in [6.45, 7) is 2.87. The van der Waals surface area contributed by atoms with Crippen LogP contribution in [0.3, 0.4) is 0 Å². The van der Waals surface area contributed by atoms with Crippen LogP contribution in [0.2, 0.25) is 0 Å². The van der Waals surface area contributed by atoms with Gasteiger partial charge in [-0.3, -0.25) is 9.36 Å². The molecular formula is C26H26N4O3S. The van der Waals surface area contributed by atoms with Crippen molar-refractivity contribution in [1.82, 2.24) is 14.8 Å². The van der Waals surface area contributed by atoms with E-state index in [4.69, 9.17) is 9.47 Å². The van der Waals surface area contributed by atoms with E-state index in [9.17, 15) is 4.79 Å². The summed E-state index contributed by atoms with van der Waals surface area (Å²) in [7, 11) is 1.61. The first-order valence-corrected chi connectivity index (χ1v) is 11.8. The van der Waals surface area contributed by atoms with Crippen molar-refractivity contribution in [1.29, 1.82) is 0 Å². The van der Waals surface area contributed by atoms with Crippen LogP contribution in [0.25, 0.3) is 0 Å². The Labute approximate surface area is 203 Å². The molecule has 34 heavy (non-hydrogen) atoms. The number of amides is 1. The molecule has 0 radical (unpaired) electrons. The van der Waals surface area contributed by atoms with Crippen molar-refractivity contribution in [2.45, 2.75) is 25.2 Å². The third kappa shape index (κ3) is 6.17. The van der Waals surface area contributed by atoms with Crippen molar-refractivity contribution >= 4 is 23.4 Å². The smallest absolute Gasteiger partial charge is 0.234 e. The third-order valence-electron chi connectivity index (χ3n) is 5.13. The molecule has 0 aliphatic rings. The Morgan fingerprint density at radius 1 is 0.971 bits per heavy atom. The van der Waals surface area contributed by atoms with Crippen molar-refractivity contribution in [2.24, 2.45) is 0 Å².